The van der Waals surface area contributed by atoms with E-state index in [-0.39, 0.29) is 9.16 Å². The minimum Gasteiger partial charge on any atom is -0.196 e. The minimum atomic E-state index is -1.04. The number of benzene rings is 2. The van der Waals surface area contributed by atoms with Crippen molar-refractivity contribution in [3.8, 4) is 12.1 Å². The van der Waals surface area contributed by atoms with Crippen molar-refractivity contribution in [3.63, 3.8) is 0 Å². The van der Waals surface area contributed by atoms with Gasteiger partial charge in [0.25, 0.3) is 0 Å². The molecule has 0 bridgehead atoms. The van der Waals surface area contributed by atoms with Crippen LogP contribution >= 0.6 is 47.0 Å². The number of hydrogen-bond acceptors (Lipinski definition) is 6. The first kappa shape index (κ1) is 15.4. The maximum Gasteiger partial charge on any atom is 0.186 e. The molecule has 0 unspecified atom stereocenters. The molecule has 2 aliphatic heterocycles. The Morgan fingerprint density at radius 3 is 1.22 bits per heavy atom. The van der Waals surface area contributed by atoms with Crippen molar-refractivity contribution in [2.24, 2.45) is 5.41 Å². The molecule has 4 rings (SSSR count). The Kier molecular flexibility index (Phi) is 4.03. The topological polar surface area (TPSA) is 47.6 Å². The fourth-order valence-corrected chi connectivity index (χ4v) is 9.07. The molecule has 0 aromatic heterocycles. The maximum atomic E-state index is 9.93. The summed E-state index contributed by atoms with van der Waals surface area (Å²) in [6.45, 7) is 0. The van der Waals surface area contributed by atoms with Gasteiger partial charge < -0.3 is 0 Å². The molecule has 2 heterocycles. The summed E-state index contributed by atoms with van der Waals surface area (Å²) in [4.78, 5) is 4.68. The van der Waals surface area contributed by atoms with Crippen LogP contribution in [0.2, 0.25) is 0 Å². The highest BCUT2D eigenvalue weighted by molar-refractivity contribution is 8.21. The van der Waals surface area contributed by atoms with Crippen molar-refractivity contribution in [2.45, 2.75) is 28.7 Å². The molecule has 23 heavy (non-hydrogen) atoms. The molecular weight excluding hydrogens is 360 g/mol. The van der Waals surface area contributed by atoms with Crippen LogP contribution in [0.1, 0.15) is 0 Å². The summed E-state index contributed by atoms with van der Waals surface area (Å²) < 4.78 is -0.205. The minimum absolute atomic E-state index is 0.103. The van der Waals surface area contributed by atoms with Gasteiger partial charge in [-0.15, -0.1) is 47.0 Å². The molecule has 0 radical (unpaired) electrons. The Hall–Kier alpha value is -1.18. The van der Waals surface area contributed by atoms with Crippen molar-refractivity contribution in [3.05, 3.63) is 48.5 Å². The van der Waals surface area contributed by atoms with E-state index in [1.54, 1.807) is 47.0 Å². The fourth-order valence-electron chi connectivity index (χ4n) is 2.52. The molecule has 0 atom stereocenters. The van der Waals surface area contributed by atoms with Gasteiger partial charge in [0.2, 0.25) is 0 Å². The molecule has 0 amide bonds. The SMILES string of the molecule is N#CC(C#N)(C1Sc2ccccc2S1)C1Sc2ccccc2S1. The van der Waals surface area contributed by atoms with E-state index in [0.29, 0.717) is 0 Å². The lowest BCUT2D eigenvalue weighted by molar-refractivity contribution is 0.638. The second-order valence-corrected chi connectivity index (χ2v) is 10.3. The van der Waals surface area contributed by atoms with Crippen LogP contribution < -0.4 is 0 Å². The predicted octanol–water partition coefficient (Wildman–Crippen LogP) is 5.47. The number of nitriles is 2. The molecule has 2 aliphatic rings. The van der Waals surface area contributed by atoms with Gasteiger partial charge in [0.15, 0.2) is 5.41 Å². The van der Waals surface area contributed by atoms with Crippen molar-refractivity contribution >= 4 is 47.0 Å². The average molecular weight is 371 g/mol. The van der Waals surface area contributed by atoms with Crippen LogP contribution in [0.25, 0.3) is 0 Å². The van der Waals surface area contributed by atoms with Crippen LogP contribution in [0, 0.1) is 28.1 Å². The molecule has 0 saturated carbocycles. The van der Waals surface area contributed by atoms with E-state index in [4.69, 9.17) is 0 Å². The highest BCUT2D eigenvalue weighted by Crippen LogP contribution is 2.62. The largest absolute Gasteiger partial charge is 0.196 e. The normalized spacial score (nSPS) is 17.3. The summed E-state index contributed by atoms with van der Waals surface area (Å²) in [5.41, 5.74) is -1.04. The summed E-state index contributed by atoms with van der Waals surface area (Å²) in [5, 5.41) is 19.9. The monoisotopic (exact) mass is 370 g/mol. The van der Waals surface area contributed by atoms with Gasteiger partial charge in [0.1, 0.15) is 0 Å². The van der Waals surface area contributed by atoms with Gasteiger partial charge in [-0.3, -0.25) is 0 Å². The highest BCUT2D eigenvalue weighted by atomic mass is 32.2. The predicted molar refractivity (Wildman–Crippen MR) is 97.5 cm³/mol. The summed E-state index contributed by atoms with van der Waals surface area (Å²) >= 11 is 6.60. The van der Waals surface area contributed by atoms with Gasteiger partial charge in [-0.2, -0.15) is 10.5 Å². The van der Waals surface area contributed by atoms with E-state index in [2.05, 4.69) is 36.4 Å². The lowest BCUT2D eigenvalue weighted by Crippen LogP contribution is -2.34. The standard InChI is InChI=1S/C17H10N2S4/c18-9-17(10-19,15-20-11-5-1-2-6-12(11)21-15)16-22-13-7-3-4-8-14(13)23-16/h1-8,15-16H. The van der Waals surface area contributed by atoms with Gasteiger partial charge >= 0.3 is 0 Å². The van der Waals surface area contributed by atoms with E-state index in [1.165, 1.54) is 19.6 Å². The first-order valence-corrected chi connectivity index (χ1v) is 10.5. The second-order valence-electron chi connectivity index (χ2n) is 5.12. The van der Waals surface area contributed by atoms with E-state index in [1.807, 2.05) is 24.3 Å². The van der Waals surface area contributed by atoms with Crippen molar-refractivity contribution in [2.75, 3.05) is 0 Å². The highest BCUT2D eigenvalue weighted by Gasteiger charge is 2.53. The van der Waals surface area contributed by atoms with Crippen LogP contribution in [-0.4, -0.2) is 9.16 Å². The van der Waals surface area contributed by atoms with Gasteiger partial charge in [-0.1, -0.05) is 24.3 Å². The summed E-state index contributed by atoms with van der Waals surface area (Å²) in [6.07, 6.45) is 0. The molecule has 0 aliphatic carbocycles. The molecule has 0 spiro atoms. The Morgan fingerprint density at radius 2 is 0.957 bits per heavy atom. The number of nitrogens with zero attached hydrogens (tertiary/aromatic N) is 2. The second kappa shape index (κ2) is 6.03. The molecule has 0 saturated heterocycles. The molecule has 0 N–H and O–H groups in total. The van der Waals surface area contributed by atoms with Gasteiger partial charge in [-0.05, 0) is 24.3 Å². The number of fused-ring (bicyclic) bond motifs is 2. The summed E-state index contributed by atoms with van der Waals surface area (Å²) in [7, 11) is 0. The van der Waals surface area contributed by atoms with Crippen LogP contribution in [0.4, 0.5) is 0 Å². The quantitative estimate of drug-likeness (QED) is 0.699. The molecular formula is C17H10N2S4. The summed E-state index contributed by atoms with van der Waals surface area (Å²) in [5.74, 6) is 0. The zero-order valence-electron chi connectivity index (χ0n) is 11.8. The van der Waals surface area contributed by atoms with Crippen molar-refractivity contribution in [1.29, 1.82) is 10.5 Å². The van der Waals surface area contributed by atoms with Crippen molar-refractivity contribution < 1.29 is 0 Å². The fraction of sp³-hybridized carbons (Fsp3) is 0.176. The van der Waals surface area contributed by atoms with Crippen LogP contribution in [0.5, 0.6) is 0 Å². The zero-order valence-corrected chi connectivity index (χ0v) is 15.1. The maximum absolute atomic E-state index is 9.93. The Balaban J connectivity index is 1.67. The van der Waals surface area contributed by atoms with Crippen LogP contribution in [-0.2, 0) is 0 Å². The van der Waals surface area contributed by atoms with Crippen LogP contribution in [0.3, 0.4) is 0 Å². The Bertz CT molecular complexity index is 731. The third kappa shape index (κ3) is 2.45. The molecule has 2 nitrogen and oxygen atoms in total. The molecule has 6 heteroatoms. The van der Waals surface area contributed by atoms with Gasteiger partial charge in [0.05, 0.1) is 21.3 Å². The third-order valence-corrected chi connectivity index (χ3v) is 9.94. The van der Waals surface area contributed by atoms with Gasteiger partial charge in [-0.25, -0.2) is 0 Å². The summed E-state index contributed by atoms with van der Waals surface area (Å²) in [6, 6.07) is 21.0. The smallest absolute Gasteiger partial charge is 0.186 e. The Labute approximate surface area is 152 Å². The number of rotatable bonds is 2. The van der Waals surface area contributed by atoms with E-state index < -0.39 is 5.41 Å². The lowest BCUT2D eigenvalue weighted by Gasteiger charge is -2.28. The molecule has 112 valence electrons. The van der Waals surface area contributed by atoms with Crippen molar-refractivity contribution in [1.82, 2.24) is 0 Å². The number of hydrogen-bond donors (Lipinski definition) is 0. The first-order chi connectivity index (χ1) is 11.3. The van der Waals surface area contributed by atoms with Gasteiger partial charge in [0, 0.05) is 19.6 Å². The third-order valence-electron chi connectivity index (χ3n) is 3.75. The average Bonchev–Trinajstić information content (AvgIpc) is 3.21. The van der Waals surface area contributed by atoms with E-state index >= 15 is 0 Å². The van der Waals surface area contributed by atoms with E-state index in [0.717, 1.165) is 0 Å². The number of thioether (sulfide) groups is 4. The molecule has 2 aromatic carbocycles. The molecule has 0 fully saturated rings. The van der Waals surface area contributed by atoms with Crippen LogP contribution in [0.15, 0.2) is 68.1 Å². The Morgan fingerprint density at radius 1 is 0.652 bits per heavy atom. The zero-order chi connectivity index (χ0) is 15.9. The first-order valence-electron chi connectivity index (χ1n) is 6.94. The lowest BCUT2D eigenvalue weighted by atomic mass is 9.97. The van der Waals surface area contributed by atoms with E-state index in [9.17, 15) is 10.5 Å². The molecule has 2 aromatic rings.